The quantitative estimate of drug-likeness (QED) is 0.793. The zero-order valence-corrected chi connectivity index (χ0v) is 9.75. The number of halogens is 1. The number of hydrogen-bond acceptors (Lipinski definition) is 2. The largest absolute Gasteiger partial charge is 0.398 e. The van der Waals surface area contributed by atoms with Gasteiger partial charge in [-0.1, -0.05) is 12.5 Å². The molecule has 0 atom stereocenters. The highest BCUT2D eigenvalue weighted by Crippen LogP contribution is 2.27. The molecule has 88 valence electrons. The zero-order chi connectivity index (χ0) is 11.5. The average molecular weight is 222 g/mol. The average Bonchev–Trinajstić information content (AvgIpc) is 2.16. The molecule has 0 aliphatic heterocycles. The van der Waals surface area contributed by atoms with Crippen LogP contribution in [0.1, 0.15) is 24.8 Å². The Hall–Kier alpha value is -1.09. The predicted octanol–water partition coefficient (Wildman–Crippen LogP) is 2.64. The number of nitrogens with two attached hydrogens (primary N) is 1. The van der Waals surface area contributed by atoms with Gasteiger partial charge in [0.15, 0.2) is 0 Å². The first kappa shape index (κ1) is 11.4. The number of nitrogen functional groups attached to an aromatic ring is 1. The van der Waals surface area contributed by atoms with Gasteiger partial charge in [0.1, 0.15) is 5.82 Å². The van der Waals surface area contributed by atoms with Crippen molar-refractivity contribution in [2.75, 3.05) is 19.3 Å². The fraction of sp³-hybridized carbons (Fsp3) is 0.538. The van der Waals surface area contributed by atoms with Crippen LogP contribution in [0.25, 0.3) is 0 Å². The van der Waals surface area contributed by atoms with Gasteiger partial charge in [0.05, 0.1) is 0 Å². The van der Waals surface area contributed by atoms with Crippen LogP contribution in [0.3, 0.4) is 0 Å². The lowest BCUT2D eigenvalue weighted by Crippen LogP contribution is -2.29. The zero-order valence-electron chi connectivity index (χ0n) is 9.75. The van der Waals surface area contributed by atoms with Crippen molar-refractivity contribution in [2.45, 2.75) is 25.8 Å². The maximum atomic E-state index is 12.9. The van der Waals surface area contributed by atoms with Crippen LogP contribution in [0, 0.1) is 11.7 Å². The maximum absolute atomic E-state index is 12.9. The Morgan fingerprint density at radius 3 is 2.75 bits per heavy atom. The lowest BCUT2D eigenvalue weighted by molar-refractivity contribution is 0.200. The third-order valence-electron chi connectivity index (χ3n) is 3.34. The summed E-state index contributed by atoms with van der Waals surface area (Å²) in [5, 5.41) is 0. The third kappa shape index (κ3) is 2.73. The molecular weight excluding hydrogens is 203 g/mol. The van der Waals surface area contributed by atoms with Crippen LogP contribution in [0.2, 0.25) is 0 Å². The van der Waals surface area contributed by atoms with Gasteiger partial charge in [-0.2, -0.15) is 0 Å². The molecule has 2 rings (SSSR count). The summed E-state index contributed by atoms with van der Waals surface area (Å²) in [6.45, 7) is 1.93. The topological polar surface area (TPSA) is 29.3 Å². The Labute approximate surface area is 96.2 Å². The van der Waals surface area contributed by atoms with Gasteiger partial charge in [-0.3, -0.25) is 0 Å². The van der Waals surface area contributed by atoms with Crippen LogP contribution in [0.5, 0.6) is 0 Å². The molecule has 1 saturated carbocycles. The van der Waals surface area contributed by atoms with E-state index in [9.17, 15) is 4.39 Å². The molecule has 1 aliphatic carbocycles. The molecule has 0 saturated heterocycles. The Kier molecular flexibility index (Phi) is 3.44. The molecular formula is C13H19FN2. The first-order chi connectivity index (χ1) is 7.65. The lowest BCUT2D eigenvalue weighted by atomic mass is 9.85. The summed E-state index contributed by atoms with van der Waals surface area (Å²) in [7, 11) is 2.10. The first-order valence-corrected chi connectivity index (χ1v) is 5.87. The lowest BCUT2D eigenvalue weighted by Gasteiger charge is -2.30. The minimum absolute atomic E-state index is 0.261. The second-order valence-corrected chi connectivity index (χ2v) is 4.84. The summed E-state index contributed by atoms with van der Waals surface area (Å²) < 4.78 is 12.9. The van der Waals surface area contributed by atoms with E-state index in [-0.39, 0.29) is 5.82 Å². The minimum atomic E-state index is -0.261. The maximum Gasteiger partial charge on any atom is 0.125 e. The monoisotopic (exact) mass is 222 g/mol. The molecule has 0 heterocycles. The van der Waals surface area contributed by atoms with Crippen LogP contribution < -0.4 is 5.73 Å². The summed E-state index contributed by atoms with van der Waals surface area (Å²) in [6.07, 6.45) is 4.07. The third-order valence-corrected chi connectivity index (χ3v) is 3.34. The highest BCUT2D eigenvalue weighted by molar-refractivity contribution is 5.46. The second-order valence-electron chi connectivity index (χ2n) is 4.84. The van der Waals surface area contributed by atoms with Crippen LogP contribution in [0.4, 0.5) is 10.1 Å². The Bertz CT molecular complexity index is 361. The van der Waals surface area contributed by atoms with E-state index >= 15 is 0 Å². The highest BCUT2D eigenvalue weighted by atomic mass is 19.1. The number of benzene rings is 1. The molecule has 0 unspecified atom stereocenters. The fourth-order valence-electron chi connectivity index (χ4n) is 2.18. The molecule has 1 aromatic carbocycles. The summed E-state index contributed by atoms with van der Waals surface area (Å²) in [6, 6.07) is 4.65. The highest BCUT2D eigenvalue weighted by Gasteiger charge is 2.19. The van der Waals surface area contributed by atoms with Crippen molar-refractivity contribution >= 4 is 5.69 Å². The summed E-state index contributed by atoms with van der Waals surface area (Å²) in [4.78, 5) is 2.27. The molecule has 0 aromatic heterocycles. The van der Waals surface area contributed by atoms with E-state index in [1.165, 1.54) is 31.4 Å². The van der Waals surface area contributed by atoms with E-state index in [1.54, 1.807) is 6.07 Å². The summed E-state index contributed by atoms with van der Waals surface area (Å²) >= 11 is 0. The van der Waals surface area contributed by atoms with E-state index in [4.69, 9.17) is 5.73 Å². The van der Waals surface area contributed by atoms with Gasteiger partial charge < -0.3 is 10.6 Å². The smallest absolute Gasteiger partial charge is 0.125 e. The fourth-order valence-corrected chi connectivity index (χ4v) is 2.18. The van der Waals surface area contributed by atoms with Gasteiger partial charge in [-0.05, 0) is 43.5 Å². The number of rotatable bonds is 4. The van der Waals surface area contributed by atoms with E-state index in [1.807, 2.05) is 0 Å². The van der Waals surface area contributed by atoms with Gasteiger partial charge in [0.2, 0.25) is 0 Å². The van der Waals surface area contributed by atoms with Crippen molar-refractivity contribution < 1.29 is 4.39 Å². The van der Waals surface area contributed by atoms with Crippen LogP contribution in [0.15, 0.2) is 18.2 Å². The van der Waals surface area contributed by atoms with E-state index in [2.05, 4.69) is 11.9 Å². The van der Waals surface area contributed by atoms with E-state index in [0.717, 1.165) is 24.6 Å². The molecule has 2 nitrogen and oxygen atoms in total. The minimum Gasteiger partial charge on any atom is -0.398 e. The van der Waals surface area contributed by atoms with Gasteiger partial charge in [0, 0.05) is 18.8 Å². The molecule has 2 N–H and O–H groups in total. The molecule has 16 heavy (non-hydrogen) atoms. The second kappa shape index (κ2) is 4.83. The first-order valence-electron chi connectivity index (χ1n) is 5.87. The molecule has 0 spiro atoms. The molecule has 0 amide bonds. The Morgan fingerprint density at radius 2 is 2.19 bits per heavy atom. The van der Waals surface area contributed by atoms with Gasteiger partial charge in [-0.15, -0.1) is 0 Å². The molecule has 3 heteroatoms. The van der Waals surface area contributed by atoms with Crippen molar-refractivity contribution in [3.8, 4) is 0 Å². The standard InChI is InChI=1S/C13H19FN2/c1-16(8-10-3-2-4-10)9-11-5-6-12(14)7-13(11)15/h5-7,10H,2-4,8-9,15H2,1H3. The number of anilines is 1. The Morgan fingerprint density at radius 1 is 1.44 bits per heavy atom. The number of hydrogen-bond donors (Lipinski definition) is 1. The normalized spacial score (nSPS) is 16.4. The van der Waals surface area contributed by atoms with E-state index in [0.29, 0.717) is 5.69 Å². The van der Waals surface area contributed by atoms with Crippen LogP contribution in [-0.4, -0.2) is 18.5 Å². The van der Waals surface area contributed by atoms with Crippen molar-refractivity contribution in [3.05, 3.63) is 29.6 Å². The van der Waals surface area contributed by atoms with Crippen LogP contribution >= 0.6 is 0 Å². The predicted molar refractivity (Wildman–Crippen MR) is 64.5 cm³/mol. The Balaban J connectivity index is 1.91. The molecule has 1 aliphatic rings. The van der Waals surface area contributed by atoms with Crippen molar-refractivity contribution in [1.82, 2.24) is 4.90 Å². The van der Waals surface area contributed by atoms with Crippen LogP contribution in [-0.2, 0) is 6.54 Å². The van der Waals surface area contributed by atoms with E-state index < -0.39 is 0 Å². The van der Waals surface area contributed by atoms with Gasteiger partial charge >= 0.3 is 0 Å². The van der Waals surface area contributed by atoms with Gasteiger partial charge in [-0.25, -0.2) is 4.39 Å². The number of nitrogens with zero attached hydrogens (tertiary/aromatic N) is 1. The molecule has 1 fully saturated rings. The van der Waals surface area contributed by atoms with Crippen molar-refractivity contribution in [1.29, 1.82) is 0 Å². The molecule has 1 aromatic rings. The van der Waals surface area contributed by atoms with Crippen molar-refractivity contribution in [2.24, 2.45) is 5.92 Å². The summed E-state index contributed by atoms with van der Waals surface area (Å²) in [5.74, 6) is 0.592. The molecule has 0 bridgehead atoms. The van der Waals surface area contributed by atoms with Gasteiger partial charge in [0.25, 0.3) is 0 Å². The van der Waals surface area contributed by atoms with Crippen molar-refractivity contribution in [3.63, 3.8) is 0 Å². The molecule has 0 radical (unpaired) electrons. The summed E-state index contributed by atoms with van der Waals surface area (Å²) in [5.41, 5.74) is 7.35. The SMILES string of the molecule is CN(Cc1ccc(F)cc1N)CC1CCC1.